The minimum Gasteiger partial charge on any atom is -0.332 e. The van der Waals surface area contributed by atoms with Crippen molar-refractivity contribution < 1.29 is 0 Å². The summed E-state index contributed by atoms with van der Waals surface area (Å²) in [6.07, 6.45) is 3.76. The topological polar surface area (TPSA) is 27.3 Å². The predicted octanol–water partition coefficient (Wildman–Crippen LogP) is 3.46. The molecule has 0 aliphatic carbocycles. The van der Waals surface area contributed by atoms with Crippen LogP contribution < -0.4 is 10.7 Å². The summed E-state index contributed by atoms with van der Waals surface area (Å²) >= 11 is 5.40. The Balaban J connectivity index is 1.93. The van der Waals surface area contributed by atoms with Crippen molar-refractivity contribution in [1.82, 2.24) is 10.4 Å². The van der Waals surface area contributed by atoms with Gasteiger partial charge >= 0.3 is 0 Å². The molecule has 1 aliphatic rings. The van der Waals surface area contributed by atoms with E-state index in [1.165, 1.54) is 24.8 Å². The van der Waals surface area contributed by atoms with Crippen molar-refractivity contribution >= 4 is 23.0 Å². The van der Waals surface area contributed by atoms with Gasteiger partial charge in [0, 0.05) is 17.8 Å². The normalized spacial score (nSPS) is 23.9. The van der Waals surface area contributed by atoms with Crippen molar-refractivity contribution in [2.45, 2.75) is 52.1 Å². The molecule has 1 fully saturated rings. The SMILES string of the molecule is Cc1cccc(NC(=S)NN2[C@H](C)CCC[C@@H]2C)c1. The van der Waals surface area contributed by atoms with E-state index < -0.39 is 0 Å². The minimum atomic E-state index is 0.529. The van der Waals surface area contributed by atoms with Gasteiger partial charge in [0.2, 0.25) is 0 Å². The average Bonchev–Trinajstić information content (AvgIpc) is 2.34. The first kappa shape index (κ1) is 14.3. The number of benzene rings is 1. The largest absolute Gasteiger partial charge is 0.332 e. The van der Waals surface area contributed by atoms with E-state index in [1.54, 1.807) is 0 Å². The Hall–Kier alpha value is -1.13. The van der Waals surface area contributed by atoms with Crippen LogP contribution in [-0.2, 0) is 0 Å². The lowest BCUT2D eigenvalue weighted by Gasteiger charge is -2.39. The molecule has 0 unspecified atom stereocenters. The van der Waals surface area contributed by atoms with E-state index in [-0.39, 0.29) is 0 Å². The highest BCUT2D eigenvalue weighted by Gasteiger charge is 2.25. The van der Waals surface area contributed by atoms with E-state index in [9.17, 15) is 0 Å². The fourth-order valence-electron chi connectivity index (χ4n) is 2.64. The van der Waals surface area contributed by atoms with Crippen molar-refractivity contribution in [2.75, 3.05) is 5.32 Å². The first-order chi connectivity index (χ1) is 9.06. The van der Waals surface area contributed by atoms with Gasteiger partial charge in [-0.05, 0) is 63.5 Å². The number of piperidine rings is 1. The second kappa shape index (κ2) is 6.35. The molecule has 1 saturated heterocycles. The van der Waals surface area contributed by atoms with Gasteiger partial charge in [0.05, 0.1) is 0 Å². The zero-order valence-electron chi connectivity index (χ0n) is 11.9. The highest BCUT2D eigenvalue weighted by Crippen LogP contribution is 2.20. The van der Waals surface area contributed by atoms with Crippen LogP contribution in [0.4, 0.5) is 5.69 Å². The third-order valence-corrected chi connectivity index (χ3v) is 3.89. The molecule has 104 valence electrons. The van der Waals surface area contributed by atoms with Crippen molar-refractivity contribution in [3.05, 3.63) is 29.8 Å². The molecule has 0 aromatic heterocycles. The van der Waals surface area contributed by atoms with E-state index >= 15 is 0 Å². The molecule has 2 rings (SSSR count). The molecule has 0 bridgehead atoms. The summed E-state index contributed by atoms with van der Waals surface area (Å²) in [6.45, 7) is 6.58. The molecule has 0 spiro atoms. The average molecular weight is 277 g/mol. The number of rotatable bonds is 2. The molecule has 0 saturated carbocycles. The summed E-state index contributed by atoms with van der Waals surface area (Å²) in [5, 5.41) is 6.19. The third kappa shape index (κ3) is 3.91. The van der Waals surface area contributed by atoms with Crippen LogP contribution in [0.15, 0.2) is 24.3 Å². The van der Waals surface area contributed by atoms with E-state index in [0.29, 0.717) is 17.2 Å². The number of thiocarbonyl (C=S) groups is 1. The van der Waals surface area contributed by atoms with Gasteiger partial charge in [-0.3, -0.25) is 5.43 Å². The second-order valence-corrected chi connectivity index (χ2v) is 5.88. The molecule has 1 heterocycles. The molecular weight excluding hydrogens is 254 g/mol. The number of anilines is 1. The summed E-state index contributed by atoms with van der Waals surface area (Å²) < 4.78 is 0. The number of nitrogens with one attached hydrogen (secondary N) is 2. The first-order valence-electron chi connectivity index (χ1n) is 6.99. The van der Waals surface area contributed by atoms with Crippen LogP contribution >= 0.6 is 12.2 Å². The van der Waals surface area contributed by atoms with Crippen LogP contribution in [-0.4, -0.2) is 22.2 Å². The molecule has 1 aliphatic heterocycles. The number of aryl methyl sites for hydroxylation is 1. The van der Waals surface area contributed by atoms with E-state index in [1.807, 2.05) is 12.1 Å². The standard InChI is InChI=1S/C15H23N3S/c1-11-6-4-9-14(10-11)16-15(19)17-18-12(2)7-5-8-13(18)3/h4,6,9-10,12-13H,5,7-8H2,1-3H3,(H2,16,17,19)/t12-,13+. The molecule has 19 heavy (non-hydrogen) atoms. The number of hydrogen-bond donors (Lipinski definition) is 2. The van der Waals surface area contributed by atoms with E-state index in [2.05, 4.69) is 48.7 Å². The maximum absolute atomic E-state index is 5.40. The Morgan fingerprint density at radius 2 is 1.95 bits per heavy atom. The van der Waals surface area contributed by atoms with Gasteiger partial charge in [-0.2, -0.15) is 0 Å². The summed E-state index contributed by atoms with van der Waals surface area (Å²) in [4.78, 5) is 0. The van der Waals surface area contributed by atoms with Crippen molar-refractivity contribution in [2.24, 2.45) is 0 Å². The lowest BCUT2D eigenvalue weighted by Crippen LogP contribution is -2.55. The lowest BCUT2D eigenvalue weighted by molar-refractivity contribution is 0.0750. The Morgan fingerprint density at radius 1 is 1.26 bits per heavy atom. The molecule has 0 amide bonds. The van der Waals surface area contributed by atoms with E-state index in [4.69, 9.17) is 12.2 Å². The van der Waals surface area contributed by atoms with Crippen LogP contribution in [0, 0.1) is 6.92 Å². The van der Waals surface area contributed by atoms with Crippen molar-refractivity contribution in [3.63, 3.8) is 0 Å². The summed E-state index contributed by atoms with van der Waals surface area (Å²) in [6, 6.07) is 9.30. The molecule has 3 nitrogen and oxygen atoms in total. The third-order valence-electron chi connectivity index (χ3n) is 3.70. The molecule has 4 heteroatoms. The Bertz CT molecular complexity index is 437. The van der Waals surface area contributed by atoms with Crippen molar-refractivity contribution in [3.8, 4) is 0 Å². The lowest BCUT2D eigenvalue weighted by atomic mass is 10.00. The predicted molar refractivity (Wildman–Crippen MR) is 85.1 cm³/mol. The number of hydrazine groups is 1. The molecule has 0 radical (unpaired) electrons. The molecule has 2 N–H and O–H groups in total. The highest BCUT2D eigenvalue weighted by molar-refractivity contribution is 7.80. The van der Waals surface area contributed by atoms with Crippen LogP contribution in [0.2, 0.25) is 0 Å². The van der Waals surface area contributed by atoms with E-state index in [0.717, 1.165) is 5.69 Å². The summed E-state index contributed by atoms with van der Waals surface area (Å²) in [5.74, 6) is 0. The fourth-order valence-corrected chi connectivity index (χ4v) is 2.86. The van der Waals surface area contributed by atoms with Crippen LogP contribution in [0.1, 0.15) is 38.7 Å². The monoisotopic (exact) mass is 277 g/mol. The van der Waals surface area contributed by atoms with Crippen LogP contribution in [0.25, 0.3) is 0 Å². The smallest absolute Gasteiger partial charge is 0.185 e. The Morgan fingerprint density at radius 3 is 2.58 bits per heavy atom. The van der Waals surface area contributed by atoms with Gasteiger partial charge in [0.25, 0.3) is 0 Å². The molecule has 2 atom stereocenters. The number of nitrogens with zero attached hydrogens (tertiary/aromatic N) is 1. The van der Waals surface area contributed by atoms with Gasteiger partial charge in [0.15, 0.2) is 5.11 Å². The molecular formula is C15H23N3S. The zero-order valence-corrected chi connectivity index (χ0v) is 12.8. The zero-order chi connectivity index (χ0) is 13.8. The van der Waals surface area contributed by atoms with Gasteiger partial charge in [-0.25, -0.2) is 5.01 Å². The van der Waals surface area contributed by atoms with Crippen LogP contribution in [0.5, 0.6) is 0 Å². The van der Waals surface area contributed by atoms with Gasteiger partial charge in [-0.15, -0.1) is 0 Å². The quantitative estimate of drug-likeness (QED) is 0.810. The van der Waals surface area contributed by atoms with Gasteiger partial charge in [-0.1, -0.05) is 18.6 Å². The Kier molecular flexibility index (Phi) is 4.77. The molecule has 1 aromatic carbocycles. The van der Waals surface area contributed by atoms with Crippen molar-refractivity contribution in [1.29, 1.82) is 0 Å². The maximum Gasteiger partial charge on any atom is 0.185 e. The highest BCUT2D eigenvalue weighted by atomic mass is 32.1. The Labute approximate surface area is 121 Å². The minimum absolute atomic E-state index is 0.529. The summed E-state index contributed by atoms with van der Waals surface area (Å²) in [5.41, 5.74) is 5.61. The van der Waals surface area contributed by atoms with Gasteiger partial charge < -0.3 is 5.32 Å². The second-order valence-electron chi connectivity index (χ2n) is 5.47. The number of hydrogen-bond acceptors (Lipinski definition) is 2. The summed E-state index contributed by atoms with van der Waals surface area (Å²) in [7, 11) is 0. The fraction of sp³-hybridized carbons (Fsp3) is 0.533. The maximum atomic E-state index is 5.40. The van der Waals surface area contributed by atoms with Gasteiger partial charge in [0.1, 0.15) is 0 Å². The van der Waals surface area contributed by atoms with Crippen LogP contribution in [0.3, 0.4) is 0 Å². The first-order valence-corrected chi connectivity index (χ1v) is 7.39. The molecule has 1 aromatic rings.